The zero-order chi connectivity index (χ0) is 21.6. The minimum Gasteiger partial charge on any atom is -0.369 e. The molecular formula is C23H37F2N3O. The topological polar surface area (TPSA) is 49.6 Å². The van der Waals surface area contributed by atoms with Crippen LogP contribution in [0.25, 0.3) is 0 Å². The van der Waals surface area contributed by atoms with Gasteiger partial charge in [0.25, 0.3) is 0 Å². The van der Waals surface area contributed by atoms with Gasteiger partial charge >= 0.3 is 0 Å². The van der Waals surface area contributed by atoms with Crippen LogP contribution in [0.5, 0.6) is 0 Å². The molecule has 0 aliphatic carbocycles. The number of piperidine rings is 1. The number of rotatable bonds is 10. The Bertz CT molecular complexity index is 666. The summed E-state index contributed by atoms with van der Waals surface area (Å²) in [7, 11) is 0. The maximum absolute atomic E-state index is 14.8. The summed E-state index contributed by atoms with van der Waals surface area (Å²) in [5.74, 6) is -1.87. The van der Waals surface area contributed by atoms with E-state index in [1.165, 1.54) is 18.6 Å². The predicted molar refractivity (Wildman–Crippen MR) is 114 cm³/mol. The summed E-state index contributed by atoms with van der Waals surface area (Å²) < 4.78 is 28.4. The lowest BCUT2D eigenvalue weighted by molar-refractivity contribution is -0.124. The Hall–Kier alpha value is -1.53. The quantitative estimate of drug-likeness (QED) is 0.634. The van der Waals surface area contributed by atoms with Gasteiger partial charge in [-0.3, -0.25) is 9.69 Å². The monoisotopic (exact) mass is 409 g/mol. The van der Waals surface area contributed by atoms with E-state index in [-0.39, 0.29) is 5.56 Å². The molecule has 4 nitrogen and oxygen atoms in total. The van der Waals surface area contributed by atoms with Crippen molar-refractivity contribution in [1.29, 1.82) is 0 Å². The van der Waals surface area contributed by atoms with Gasteiger partial charge in [0, 0.05) is 30.3 Å². The van der Waals surface area contributed by atoms with Crippen LogP contribution in [0.15, 0.2) is 18.2 Å². The number of benzene rings is 1. The molecule has 2 N–H and O–H groups in total. The Morgan fingerprint density at radius 1 is 1.10 bits per heavy atom. The summed E-state index contributed by atoms with van der Waals surface area (Å²) in [6.45, 7) is 11.7. The first-order chi connectivity index (χ1) is 13.7. The van der Waals surface area contributed by atoms with Gasteiger partial charge < -0.3 is 10.6 Å². The highest BCUT2D eigenvalue weighted by atomic mass is 19.1. The number of halogens is 2. The van der Waals surface area contributed by atoms with Gasteiger partial charge in [-0.2, -0.15) is 0 Å². The molecule has 1 aliphatic rings. The Morgan fingerprint density at radius 3 is 2.24 bits per heavy atom. The van der Waals surface area contributed by atoms with Crippen molar-refractivity contribution in [3.63, 3.8) is 0 Å². The highest BCUT2D eigenvalue weighted by molar-refractivity contribution is 5.86. The second kappa shape index (κ2) is 10.5. The molecule has 1 heterocycles. The van der Waals surface area contributed by atoms with Crippen LogP contribution in [0.3, 0.4) is 0 Å². The van der Waals surface area contributed by atoms with Crippen LogP contribution < -0.4 is 5.73 Å². The lowest BCUT2D eigenvalue weighted by Gasteiger charge is -2.38. The molecule has 2 rings (SSSR count). The molecular weight excluding hydrogens is 372 g/mol. The van der Waals surface area contributed by atoms with Crippen molar-refractivity contribution in [2.75, 3.05) is 26.2 Å². The average Bonchev–Trinajstić information content (AvgIpc) is 2.65. The van der Waals surface area contributed by atoms with Crippen molar-refractivity contribution in [2.24, 2.45) is 5.73 Å². The first kappa shape index (κ1) is 23.7. The molecule has 1 atom stereocenters. The maximum Gasteiger partial charge on any atom is 0.228 e. The molecule has 29 heavy (non-hydrogen) atoms. The van der Waals surface area contributed by atoms with Crippen molar-refractivity contribution < 1.29 is 13.6 Å². The van der Waals surface area contributed by atoms with E-state index >= 15 is 0 Å². The molecule has 1 unspecified atom stereocenters. The van der Waals surface area contributed by atoms with E-state index in [2.05, 4.69) is 37.5 Å². The van der Waals surface area contributed by atoms with Crippen molar-refractivity contribution in [3.8, 4) is 0 Å². The van der Waals surface area contributed by atoms with Gasteiger partial charge in [-0.15, -0.1) is 0 Å². The standard InChI is InChI=1S/C23H37F2N3O/c1-17(2)28(18(3)4)15-11-23(22(26)29,10-14-27-12-6-5-7-13-27)20-9-8-19(24)16-21(20)25/h8-9,16-18H,5-7,10-15H2,1-4H3,(H2,26,29). The Morgan fingerprint density at radius 2 is 1.72 bits per heavy atom. The van der Waals surface area contributed by atoms with Crippen molar-refractivity contribution in [1.82, 2.24) is 9.80 Å². The number of hydrogen-bond acceptors (Lipinski definition) is 3. The minimum atomic E-state index is -1.16. The second-order valence-electron chi connectivity index (χ2n) is 8.90. The highest BCUT2D eigenvalue weighted by Crippen LogP contribution is 2.35. The van der Waals surface area contributed by atoms with E-state index in [0.29, 0.717) is 38.0 Å². The highest BCUT2D eigenvalue weighted by Gasteiger charge is 2.41. The van der Waals surface area contributed by atoms with E-state index in [4.69, 9.17) is 5.73 Å². The van der Waals surface area contributed by atoms with Crippen LogP contribution in [0.4, 0.5) is 8.78 Å². The lowest BCUT2D eigenvalue weighted by atomic mass is 9.73. The molecule has 0 bridgehead atoms. The molecule has 1 aromatic carbocycles. The zero-order valence-electron chi connectivity index (χ0n) is 18.4. The van der Waals surface area contributed by atoms with Gasteiger partial charge in [-0.25, -0.2) is 8.78 Å². The minimum absolute atomic E-state index is 0.218. The first-order valence-electron chi connectivity index (χ1n) is 10.9. The molecule has 1 aliphatic heterocycles. The number of nitrogens with two attached hydrogens (primary N) is 1. The number of hydrogen-bond donors (Lipinski definition) is 1. The molecule has 0 saturated carbocycles. The number of carbonyl (C=O) groups excluding carboxylic acids is 1. The third-order valence-electron chi connectivity index (χ3n) is 6.35. The molecule has 0 aromatic heterocycles. The smallest absolute Gasteiger partial charge is 0.228 e. The summed E-state index contributed by atoms with van der Waals surface area (Å²) in [6, 6.07) is 4.07. The Labute approximate surface area is 174 Å². The molecule has 0 spiro atoms. The molecule has 0 radical (unpaired) electrons. The van der Waals surface area contributed by atoms with Gasteiger partial charge in [0.1, 0.15) is 11.6 Å². The van der Waals surface area contributed by atoms with E-state index in [0.717, 1.165) is 32.0 Å². The van der Waals surface area contributed by atoms with Crippen molar-refractivity contribution >= 4 is 5.91 Å². The van der Waals surface area contributed by atoms with Crippen LogP contribution in [0.2, 0.25) is 0 Å². The van der Waals surface area contributed by atoms with Crippen molar-refractivity contribution in [3.05, 3.63) is 35.4 Å². The molecule has 164 valence electrons. The summed E-state index contributed by atoms with van der Waals surface area (Å²) in [5.41, 5.74) is 4.99. The number of primary amides is 1. The summed E-state index contributed by atoms with van der Waals surface area (Å²) in [4.78, 5) is 17.4. The van der Waals surface area contributed by atoms with Crippen LogP contribution in [-0.4, -0.2) is 54.0 Å². The SMILES string of the molecule is CC(C)N(CCC(CCN1CCCCC1)(C(N)=O)c1ccc(F)cc1F)C(C)C. The Kier molecular flexibility index (Phi) is 8.58. The van der Waals surface area contributed by atoms with E-state index < -0.39 is 23.0 Å². The summed E-state index contributed by atoms with van der Waals surface area (Å²) >= 11 is 0. The van der Waals surface area contributed by atoms with Crippen LogP contribution in [0.1, 0.15) is 65.4 Å². The molecule has 1 aromatic rings. The van der Waals surface area contributed by atoms with Crippen LogP contribution in [0, 0.1) is 11.6 Å². The van der Waals surface area contributed by atoms with E-state index in [1.807, 2.05) is 0 Å². The van der Waals surface area contributed by atoms with Gasteiger partial charge in [-0.05, 0) is 79.1 Å². The third-order valence-corrected chi connectivity index (χ3v) is 6.35. The summed E-state index contributed by atoms with van der Waals surface area (Å²) in [6.07, 6.45) is 4.36. The lowest BCUT2D eigenvalue weighted by Crippen LogP contribution is -2.48. The molecule has 1 amide bonds. The predicted octanol–water partition coefficient (Wildman–Crippen LogP) is 4.07. The number of nitrogens with zero attached hydrogens (tertiary/aromatic N) is 2. The van der Waals surface area contributed by atoms with Crippen LogP contribution in [-0.2, 0) is 10.2 Å². The van der Waals surface area contributed by atoms with Crippen molar-refractivity contribution in [2.45, 2.75) is 77.3 Å². The number of likely N-dealkylation sites (tertiary alicyclic amines) is 1. The van der Waals surface area contributed by atoms with Crippen LogP contribution >= 0.6 is 0 Å². The fraction of sp³-hybridized carbons (Fsp3) is 0.696. The maximum atomic E-state index is 14.8. The first-order valence-corrected chi connectivity index (χ1v) is 10.9. The third kappa shape index (κ3) is 5.98. The van der Waals surface area contributed by atoms with Gasteiger partial charge in [-0.1, -0.05) is 12.5 Å². The molecule has 6 heteroatoms. The van der Waals surface area contributed by atoms with E-state index in [9.17, 15) is 13.6 Å². The summed E-state index contributed by atoms with van der Waals surface area (Å²) in [5, 5.41) is 0. The Balaban J connectivity index is 2.35. The largest absolute Gasteiger partial charge is 0.369 e. The average molecular weight is 410 g/mol. The number of amides is 1. The second-order valence-corrected chi connectivity index (χ2v) is 8.90. The fourth-order valence-electron chi connectivity index (χ4n) is 4.62. The molecule has 1 fully saturated rings. The zero-order valence-corrected chi connectivity index (χ0v) is 18.4. The fourth-order valence-corrected chi connectivity index (χ4v) is 4.62. The van der Waals surface area contributed by atoms with Gasteiger partial charge in [0.05, 0.1) is 5.41 Å². The van der Waals surface area contributed by atoms with Gasteiger partial charge in [0.15, 0.2) is 0 Å². The molecule has 1 saturated heterocycles. The van der Waals surface area contributed by atoms with Gasteiger partial charge in [0.2, 0.25) is 5.91 Å². The number of carbonyl (C=O) groups is 1. The normalized spacial score (nSPS) is 17.8. The van der Waals surface area contributed by atoms with E-state index in [1.54, 1.807) is 0 Å².